The zero-order chi connectivity index (χ0) is 29.8. The van der Waals surface area contributed by atoms with Crippen LogP contribution < -0.4 is 0 Å². The summed E-state index contributed by atoms with van der Waals surface area (Å²) in [4.78, 5) is 33.8. The van der Waals surface area contributed by atoms with Crippen molar-refractivity contribution >= 4 is 21.8 Å². The van der Waals surface area contributed by atoms with Crippen LogP contribution in [-0.2, 0) is 19.5 Å². The molecular formula is C36H26N8Ru+2. The maximum absolute atomic E-state index is 4.69. The van der Waals surface area contributed by atoms with Crippen molar-refractivity contribution in [1.29, 1.82) is 0 Å². The number of hydrogen-bond donors (Lipinski definition) is 0. The molecule has 0 radical (unpaired) electrons. The molecule has 216 valence electrons. The Morgan fingerprint density at radius 3 is 1.07 bits per heavy atom. The van der Waals surface area contributed by atoms with Crippen LogP contribution in [0.2, 0.25) is 0 Å². The quantitative estimate of drug-likeness (QED) is 0.178. The Morgan fingerprint density at radius 2 is 0.667 bits per heavy atom. The summed E-state index contributed by atoms with van der Waals surface area (Å²) < 4.78 is 0. The van der Waals surface area contributed by atoms with Gasteiger partial charge in [-0.15, -0.1) is 0 Å². The molecule has 0 aliphatic heterocycles. The first-order chi connectivity index (χ1) is 21.8. The molecule has 0 saturated heterocycles. The van der Waals surface area contributed by atoms with Crippen molar-refractivity contribution in [1.82, 2.24) is 39.9 Å². The fourth-order valence-electron chi connectivity index (χ4n) is 4.28. The van der Waals surface area contributed by atoms with Crippen LogP contribution in [0.1, 0.15) is 0 Å². The van der Waals surface area contributed by atoms with E-state index < -0.39 is 0 Å². The largest absolute Gasteiger partial charge is 2.00 e. The van der Waals surface area contributed by atoms with E-state index in [1.165, 1.54) is 0 Å². The van der Waals surface area contributed by atoms with E-state index in [2.05, 4.69) is 64.1 Å². The number of fused-ring (bicyclic) bond motifs is 2. The minimum absolute atomic E-state index is 0. The van der Waals surface area contributed by atoms with Crippen LogP contribution >= 0.6 is 0 Å². The molecule has 0 saturated carbocycles. The SMILES string of the molecule is [Ru+2].c1ccc(-c2ccccn2)nc1.c1ccc2nc(-c3ccc4ccccc4n3)ccc2c1.c1cnc(-c2ncccn2)nc1. The zero-order valence-corrected chi connectivity index (χ0v) is 25.7. The second-order valence-corrected chi connectivity index (χ2v) is 9.35. The summed E-state index contributed by atoms with van der Waals surface area (Å²) in [6.45, 7) is 0. The molecular weight excluding hydrogens is 646 g/mol. The van der Waals surface area contributed by atoms with Gasteiger partial charge in [0, 0.05) is 48.0 Å². The van der Waals surface area contributed by atoms with Crippen molar-refractivity contribution in [2.24, 2.45) is 0 Å². The fraction of sp³-hybridized carbons (Fsp3) is 0. The van der Waals surface area contributed by atoms with Gasteiger partial charge >= 0.3 is 19.5 Å². The minimum Gasteiger partial charge on any atom is -0.255 e. The third-order valence-corrected chi connectivity index (χ3v) is 6.38. The molecule has 0 bridgehead atoms. The Hall–Kier alpha value is -5.66. The average molecular weight is 672 g/mol. The Kier molecular flexibility index (Phi) is 10.7. The molecule has 0 aliphatic carbocycles. The Balaban J connectivity index is 0.000000139. The van der Waals surface area contributed by atoms with Crippen LogP contribution in [0.15, 0.2) is 159 Å². The number of benzene rings is 2. The molecule has 8 nitrogen and oxygen atoms in total. The second kappa shape index (κ2) is 15.7. The van der Waals surface area contributed by atoms with Gasteiger partial charge in [0.1, 0.15) is 0 Å². The van der Waals surface area contributed by atoms with Crippen molar-refractivity contribution in [3.05, 3.63) is 159 Å². The number of rotatable bonds is 3. The summed E-state index contributed by atoms with van der Waals surface area (Å²) in [6, 6.07) is 39.6. The number of pyridine rings is 4. The molecule has 0 fully saturated rings. The average Bonchev–Trinajstić information content (AvgIpc) is 3.13. The third-order valence-electron chi connectivity index (χ3n) is 6.38. The van der Waals surface area contributed by atoms with Crippen molar-refractivity contribution in [2.45, 2.75) is 0 Å². The molecule has 8 aromatic rings. The summed E-state index contributed by atoms with van der Waals surface area (Å²) in [7, 11) is 0. The van der Waals surface area contributed by atoms with E-state index in [0.29, 0.717) is 11.6 Å². The van der Waals surface area contributed by atoms with Gasteiger partial charge in [-0.05, 0) is 60.7 Å². The van der Waals surface area contributed by atoms with Crippen molar-refractivity contribution < 1.29 is 19.5 Å². The molecule has 0 unspecified atom stereocenters. The summed E-state index contributed by atoms with van der Waals surface area (Å²) in [5.41, 5.74) is 5.65. The van der Waals surface area contributed by atoms with E-state index in [9.17, 15) is 0 Å². The minimum atomic E-state index is 0. The number of para-hydroxylation sites is 2. The van der Waals surface area contributed by atoms with Crippen LogP contribution in [0.5, 0.6) is 0 Å². The summed E-state index contributed by atoms with van der Waals surface area (Å²) >= 11 is 0. The maximum Gasteiger partial charge on any atom is 2.00 e. The summed E-state index contributed by atoms with van der Waals surface area (Å²) in [6.07, 6.45) is 10.2. The van der Waals surface area contributed by atoms with Crippen LogP contribution in [-0.4, -0.2) is 39.9 Å². The maximum atomic E-state index is 4.69. The van der Waals surface area contributed by atoms with E-state index in [-0.39, 0.29) is 19.5 Å². The normalized spacial score (nSPS) is 10.0. The molecule has 9 heteroatoms. The van der Waals surface area contributed by atoms with Crippen LogP contribution in [0, 0.1) is 0 Å². The van der Waals surface area contributed by atoms with E-state index in [1.807, 2.05) is 84.9 Å². The topological polar surface area (TPSA) is 103 Å². The van der Waals surface area contributed by atoms with Gasteiger partial charge in [0.05, 0.1) is 33.8 Å². The van der Waals surface area contributed by atoms with Crippen LogP contribution in [0.3, 0.4) is 0 Å². The van der Waals surface area contributed by atoms with Crippen molar-refractivity contribution in [2.75, 3.05) is 0 Å². The Labute approximate surface area is 273 Å². The van der Waals surface area contributed by atoms with E-state index >= 15 is 0 Å². The van der Waals surface area contributed by atoms with E-state index in [1.54, 1.807) is 49.3 Å². The molecule has 0 amide bonds. The summed E-state index contributed by atoms with van der Waals surface area (Å²) in [5.74, 6) is 1.11. The van der Waals surface area contributed by atoms with Gasteiger partial charge in [0.25, 0.3) is 0 Å². The van der Waals surface area contributed by atoms with Gasteiger partial charge in [-0.1, -0.05) is 60.7 Å². The van der Waals surface area contributed by atoms with Gasteiger partial charge in [0.15, 0.2) is 11.6 Å². The Bertz CT molecular complexity index is 1840. The second-order valence-electron chi connectivity index (χ2n) is 9.35. The first kappa shape index (κ1) is 30.8. The Morgan fingerprint density at radius 1 is 0.289 bits per heavy atom. The zero-order valence-electron chi connectivity index (χ0n) is 23.9. The predicted octanol–water partition coefficient (Wildman–Crippen LogP) is 7.52. The van der Waals surface area contributed by atoms with Crippen LogP contribution in [0.25, 0.3) is 56.2 Å². The fourth-order valence-corrected chi connectivity index (χ4v) is 4.28. The molecule has 0 N–H and O–H groups in total. The predicted molar refractivity (Wildman–Crippen MR) is 173 cm³/mol. The van der Waals surface area contributed by atoms with E-state index in [0.717, 1.165) is 44.6 Å². The van der Waals surface area contributed by atoms with Crippen molar-refractivity contribution in [3.63, 3.8) is 0 Å². The molecule has 0 atom stereocenters. The third kappa shape index (κ3) is 8.25. The number of hydrogen-bond acceptors (Lipinski definition) is 8. The van der Waals surface area contributed by atoms with Gasteiger partial charge < -0.3 is 0 Å². The monoisotopic (exact) mass is 672 g/mol. The van der Waals surface area contributed by atoms with Gasteiger partial charge in [0.2, 0.25) is 0 Å². The molecule has 8 rings (SSSR count). The molecule has 6 heterocycles. The van der Waals surface area contributed by atoms with Crippen molar-refractivity contribution in [3.8, 4) is 34.4 Å². The van der Waals surface area contributed by atoms with E-state index in [4.69, 9.17) is 0 Å². The van der Waals surface area contributed by atoms with Gasteiger partial charge in [-0.25, -0.2) is 29.9 Å². The molecule has 45 heavy (non-hydrogen) atoms. The molecule has 6 aromatic heterocycles. The first-order valence-electron chi connectivity index (χ1n) is 13.9. The standard InChI is InChI=1S/C18H12N2.C10H8N2.C8H6N4.Ru/c1-3-7-15-13(5-1)9-11-17(19-15)18-12-10-14-6-2-4-8-16(14)20-18;1-3-7-11-9(5-1)10-6-2-4-8-12-10;1-3-9-7(10-4-1)8-11-5-2-6-12-8;/h1-12H;1-8H;1-6H;/q;;;+2. The molecule has 2 aromatic carbocycles. The molecule has 0 aliphatic rings. The smallest absolute Gasteiger partial charge is 0.255 e. The first-order valence-corrected chi connectivity index (χ1v) is 13.9. The molecule has 0 spiro atoms. The number of aromatic nitrogens is 8. The number of nitrogens with zero attached hydrogens (tertiary/aromatic N) is 8. The summed E-state index contributed by atoms with van der Waals surface area (Å²) in [5, 5.41) is 2.30. The van der Waals surface area contributed by atoms with Crippen LogP contribution in [0.4, 0.5) is 0 Å². The van der Waals surface area contributed by atoms with Gasteiger partial charge in [-0.3, -0.25) is 9.97 Å². The van der Waals surface area contributed by atoms with Gasteiger partial charge in [-0.2, -0.15) is 0 Å².